The van der Waals surface area contributed by atoms with Gasteiger partial charge in [0.25, 0.3) is 5.91 Å². The molecule has 0 aliphatic carbocycles. The zero-order valence-corrected chi connectivity index (χ0v) is 9.64. The normalized spacial score (nSPS) is 15.8. The summed E-state index contributed by atoms with van der Waals surface area (Å²) in [4.78, 5) is 17.9. The van der Waals surface area contributed by atoms with Gasteiger partial charge < -0.3 is 9.64 Å². The van der Waals surface area contributed by atoms with E-state index in [9.17, 15) is 4.79 Å². The van der Waals surface area contributed by atoms with Crippen LogP contribution in [-0.4, -0.2) is 36.0 Å². The monoisotopic (exact) mass is 220 g/mol. The Morgan fingerprint density at radius 1 is 1.56 bits per heavy atom. The first-order chi connectivity index (χ1) is 7.74. The van der Waals surface area contributed by atoms with Gasteiger partial charge in [-0.25, -0.2) is 4.98 Å². The third-order valence-corrected chi connectivity index (χ3v) is 2.97. The minimum absolute atomic E-state index is 0.00333. The number of methoxy groups -OCH3 is 1. The van der Waals surface area contributed by atoms with Gasteiger partial charge in [0.15, 0.2) is 0 Å². The molecular formula is C12H16N2O2. The van der Waals surface area contributed by atoms with E-state index < -0.39 is 0 Å². The van der Waals surface area contributed by atoms with Gasteiger partial charge in [-0.2, -0.15) is 0 Å². The Labute approximate surface area is 95.2 Å². The molecule has 2 rings (SSSR count). The van der Waals surface area contributed by atoms with Crippen molar-refractivity contribution in [3.05, 3.63) is 23.9 Å². The average molecular weight is 220 g/mol. The maximum atomic E-state index is 12.0. The van der Waals surface area contributed by atoms with Gasteiger partial charge in [0.2, 0.25) is 5.88 Å². The number of hydrogen-bond acceptors (Lipinski definition) is 3. The molecule has 0 atom stereocenters. The lowest BCUT2D eigenvalue weighted by atomic mass is 9.97. The highest BCUT2D eigenvalue weighted by Gasteiger charge is 2.30. The zero-order valence-electron chi connectivity index (χ0n) is 9.64. The van der Waals surface area contributed by atoms with E-state index in [-0.39, 0.29) is 5.91 Å². The summed E-state index contributed by atoms with van der Waals surface area (Å²) in [6.07, 6.45) is 1.13. The van der Waals surface area contributed by atoms with Crippen LogP contribution >= 0.6 is 0 Å². The SMILES string of the molecule is CCC1CN(C(=O)c2cccc(OC)n2)C1. The second-order valence-corrected chi connectivity index (χ2v) is 4.05. The number of hydrogen-bond donors (Lipinski definition) is 0. The summed E-state index contributed by atoms with van der Waals surface area (Å²) in [5.41, 5.74) is 0.467. The summed E-state index contributed by atoms with van der Waals surface area (Å²) < 4.78 is 5.00. The van der Waals surface area contributed by atoms with Crippen LogP contribution in [0.2, 0.25) is 0 Å². The Kier molecular flexibility index (Phi) is 3.08. The predicted octanol–water partition coefficient (Wildman–Crippen LogP) is 1.57. The summed E-state index contributed by atoms with van der Waals surface area (Å²) in [6, 6.07) is 5.25. The van der Waals surface area contributed by atoms with Crippen LogP contribution in [0, 0.1) is 5.92 Å². The average Bonchev–Trinajstić information content (AvgIpc) is 2.27. The Bertz CT molecular complexity index is 386. The zero-order chi connectivity index (χ0) is 11.5. The second kappa shape index (κ2) is 4.51. The van der Waals surface area contributed by atoms with E-state index in [1.54, 1.807) is 25.3 Å². The number of aromatic nitrogens is 1. The number of carbonyl (C=O) groups excluding carboxylic acids is 1. The fourth-order valence-corrected chi connectivity index (χ4v) is 1.80. The van der Waals surface area contributed by atoms with Crippen molar-refractivity contribution in [1.29, 1.82) is 0 Å². The first-order valence-corrected chi connectivity index (χ1v) is 5.55. The van der Waals surface area contributed by atoms with Crippen LogP contribution in [0.1, 0.15) is 23.8 Å². The minimum Gasteiger partial charge on any atom is -0.481 e. The molecular weight excluding hydrogens is 204 g/mol. The topological polar surface area (TPSA) is 42.4 Å². The van der Waals surface area contributed by atoms with Gasteiger partial charge in [-0.15, -0.1) is 0 Å². The fraction of sp³-hybridized carbons (Fsp3) is 0.500. The number of pyridine rings is 1. The summed E-state index contributed by atoms with van der Waals surface area (Å²) in [5.74, 6) is 1.15. The van der Waals surface area contributed by atoms with E-state index in [2.05, 4.69) is 11.9 Å². The van der Waals surface area contributed by atoms with Crippen LogP contribution < -0.4 is 4.74 Å². The van der Waals surface area contributed by atoms with Gasteiger partial charge in [-0.1, -0.05) is 13.0 Å². The first kappa shape index (κ1) is 10.9. The molecule has 1 amide bonds. The number of carbonyl (C=O) groups is 1. The lowest BCUT2D eigenvalue weighted by molar-refractivity contribution is 0.0487. The van der Waals surface area contributed by atoms with Crippen LogP contribution in [-0.2, 0) is 0 Å². The molecule has 4 nitrogen and oxygen atoms in total. The van der Waals surface area contributed by atoms with E-state index in [0.717, 1.165) is 19.5 Å². The number of likely N-dealkylation sites (tertiary alicyclic amines) is 1. The molecule has 1 aromatic rings. The van der Waals surface area contributed by atoms with Crippen molar-refractivity contribution >= 4 is 5.91 Å². The molecule has 0 saturated carbocycles. The molecule has 0 spiro atoms. The van der Waals surface area contributed by atoms with E-state index in [4.69, 9.17) is 4.74 Å². The molecule has 1 fully saturated rings. The number of rotatable bonds is 3. The van der Waals surface area contributed by atoms with Crippen molar-refractivity contribution in [2.45, 2.75) is 13.3 Å². The predicted molar refractivity (Wildman–Crippen MR) is 60.5 cm³/mol. The second-order valence-electron chi connectivity index (χ2n) is 4.05. The van der Waals surface area contributed by atoms with Crippen molar-refractivity contribution in [3.8, 4) is 5.88 Å². The Morgan fingerprint density at radius 2 is 2.31 bits per heavy atom. The highest BCUT2D eigenvalue weighted by atomic mass is 16.5. The summed E-state index contributed by atoms with van der Waals surface area (Å²) in [5, 5.41) is 0. The largest absolute Gasteiger partial charge is 0.481 e. The molecule has 86 valence electrons. The molecule has 0 radical (unpaired) electrons. The number of nitrogens with zero attached hydrogens (tertiary/aromatic N) is 2. The first-order valence-electron chi connectivity index (χ1n) is 5.55. The van der Waals surface area contributed by atoms with E-state index in [1.165, 1.54) is 0 Å². The van der Waals surface area contributed by atoms with Crippen molar-refractivity contribution in [2.24, 2.45) is 5.92 Å². The number of ether oxygens (including phenoxy) is 1. The Balaban J connectivity index is 2.04. The summed E-state index contributed by atoms with van der Waals surface area (Å²) in [7, 11) is 1.55. The molecule has 0 unspecified atom stereocenters. The molecule has 16 heavy (non-hydrogen) atoms. The van der Waals surface area contributed by atoms with Gasteiger partial charge in [0, 0.05) is 19.2 Å². The molecule has 2 heterocycles. The van der Waals surface area contributed by atoms with Gasteiger partial charge in [0.1, 0.15) is 5.69 Å². The molecule has 0 aromatic carbocycles. The van der Waals surface area contributed by atoms with E-state index >= 15 is 0 Å². The van der Waals surface area contributed by atoms with E-state index in [0.29, 0.717) is 17.5 Å². The standard InChI is InChI=1S/C12H16N2O2/c1-3-9-7-14(8-9)12(15)10-5-4-6-11(13-10)16-2/h4-6,9H,3,7-8H2,1-2H3. The van der Waals surface area contributed by atoms with Gasteiger partial charge in [-0.3, -0.25) is 4.79 Å². The quantitative estimate of drug-likeness (QED) is 0.776. The van der Waals surface area contributed by atoms with Crippen LogP contribution in [0.5, 0.6) is 5.88 Å². The van der Waals surface area contributed by atoms with Crippen LogP contribution in [0.25, 0.3) is 0 Å². The van der Waals surface area contributed by atoms with Gasteiger partial charge >= 0.3 is 0 Å². The van der Waals surface area contributed by atoms with Crippen LogP contribution in [0.15, 0.2) is 18.2 Å². The van der Waals surface area contributed by atoms with Crippen molar-refractivity contribution in [2.75, 3.05) is 20.2 Å². The fourth-order valence-electron chi connectivity index (χ4n) is 1.80. The highest BCUT2D eigenvalue weighted by Crippen LogP contribution is 2.21. The maximum absolute atomic E-state index is 12.0. The summed E-state index contributed by atoms with van der Waals surface area (Å²) >= 11 is 0. The molecule has 0 N–H and O–H groups in total. The third-order valence-electron chi connectivity index (χ3n) is 2.97. The van der Waals surface area contributed by atoms with Gasteiger partial charge in [-0.05, 0) is 18.4 Å². The molecule has 1 aliphatic heterocycles. The molecule has 1 aliphatic rings. The Morgan fingerprint density at radius 3 is 2.94 bits per heavy atom. The van der Waals surface area contributed by atoms with Crippen LogP contribution in [0.4, 0.5) is 0 Å². The maximum Gasteiger partial charge on any atom is 0.272 e. The lowest BCUT2D eigenvalue weighted by Gasteiger charge is -2.38. The smallest absolute Gasteiger partial charge is 0.272 e. The molecule has 0 bridgehead atoms. The van der Waals surface area contributed by atoms with Crippen LogP contribution in [0.3, 0.4) is 0 Å². The van der Waals surface area contributed by atoms with E-state index in [1.807, 2.05) is 4.90 Å². The van der Waals surface area contributed by atoms with Crippen molar-refractivity contribution < 1.29 is 9.53 Å². The minimum atomic E-state index is 0.00333. The van der Waals surface area contributed by atoms with Crippen molar-refractivity contribution in [3.63, 3.8) is 0 Å². The van der Waals surface area contributed by atoms with Crippen molar-refractivity contribution in [1.82, 2.24) is 9.88 Å². The lowest BCUT2D eigenvalue weighted by Crippen LogP contribution is -2.49. The Hall–Kier alpha value is -1.58. The third kappa shape index (κ3) is 2.01. The molecule has 1 aromatic heterocycles. The highest BCUT2D eigenvalue weighted by molar-refractivity contribution is 5.92. The molecule has 4 heteroatoms. The summed E-state index contributed by atoms with van der Waals surface area (Å²) in [6.45, 7) is 3.86. The molecule has 1 saturated heterocycles. The van der Waals surface area contributed by atoms with Gasteiger partial charge in [0.05, 0.1) is 7.11 Å². The number of amides is 1.